The monoisotopic (exact) mass is 369 g/mol. The third-order valence-corrected chi connectivity index (χ3v) is 4.93. The Bertz CT molecular complexity index is 1110. The molecule has 0 aliphatic carbocycles. The summed E-state index contributed by atoms with van der Waals surface area (Å²) in [6.07, 6.45) is 0.784. The average molecular weight is 369 g/mol. The molecule has 4 rings (SSSR count). The Morgan fingerprint density at radius 2 is 1.61 bits per heavy atom. The van der Waals surface area contributed by atoms with Crippen LogP contribution in [-0.4, -0.2) is 12.5 Å². The van der Waals surface area contributed by atoms with E-state index in [-0.39, 0.29) is 5.91 Å². The number of carbonyl (C=O) groups excluding carboxylic acids is 1. The predicted octanol–water partition coefficient (Wildman–Crippen LogP) is 5.69. The van der Waals surface area contributed by atoms with Crippen molar-refractivity contribution in [2.24, 2.45) is 0 Å². The summed E-state index contributed by atoms with van der Waals surface area (Å²) in [6.45, 7) is 4.66. The maximum Gasteiger partial charge on any atom is 0.287 e. The lowest BCUT2D eigenvalue weighted by atomic mass is 9.99. The summed E-state index contributed by atoms with van der Waals surface area (Å²) < 4.78 is 5.99. The minimum absolute atomic E-state index is 0.180. The van der Waals surface area contributed by atoms with E-state index in [1.54, 1.807) is 0 Å². The minimum Gasteiger partial charge on any atom is -0.450 e. The largest absolute Gasteiger partial charge is 0.450 e. The van der Waals surface area contributed by atoms with Crippen LogP contribution in [-0.2, 0) is 6.42 Å². The molecule has 0 spiro atoms. The van der Waals surface area contributed by atoms with Gasteiger partial charge in [0, 0.05) is 17.5 Å². The van der Waals surface area contributed by atoms with Crippen molar-refractivity contribution < 1.29 is 9.21 Å². The maximum absolute atomic E-state index is 12.9. The second-order valence-electron chi connectivity index (χ2n) is 7.16. The zero-order valence-electron chi connectivity index (χ0n) is 16.2. The maximum atomic E-state index is 12.9. The van der Waals surface area contributed by atoms with Gasteiger partial charge in [0.25, 0.3) is 5.91 Å². The smallest absolute Gasteiger partial charge is 0.287 e. The first-order valence-electron chi connectivity index (χ1n) is 9.54. The van der Waals surface area contributed by atoms with Crippen LogP contribution in [0.1, 0.15) is 27.2 Å². The summed E-state index contributed by atoms with van der Waals surface area (Å²) in [5, 5.41) is 3.98. The van der Waals surface area contributed by atoms with Crippen LogP contribution in [0.15, 0.2) is 77.2 Å². The van der Waals surface area contributed by atoms with Gasteiger partial charge < -0.3 is 9.73 Å². The van der Waals surface area contributed by atoms with Crippen LogP contribution in [0.5, 0.6) is 0 Å². The molecular formula is C25H23NO2. The van der Waals surface area contributed by atoms with E-state index >= 15 is 0 Å². The Kier molecular flexibility index (Phi) is 4.98. The van der Waals surface area contributed by atoms with Crippen LogP contribution in [0.25, 0.3) is 22.1 Å². The lowest BCUT2D eigenvalue weighted by Gasteiger charge is -2.07. The molecule has 0 aliphatic heterocycles. The molecule has 3 aromatic carbocycles. The van der Waals surface area contributed by atoms with E-state index in [1.807, 2.05) is 49.4 Å². The Morgan fingerprint density at radius 3 is 2.36 bits per heavy atom. The number of hydrogen-bond acceptors (Lipinski definition) is 2. The van der Waals surface area contributed by atoms with E-state index in [0.717, 1.165) is 34.1 Å². The van der Waals surface area contributed by atoms with Gasteiger partial charge in [0.2, 0.25) is 5.76 Å². The Labute approximate surface area is 165 Å². The first-order chi connectivity index (χ1) is 13.6. The molecule has 0 fully saturated rings. The van der Waals surface area contributed by atoms with Crippen molar-refractivity contribution in [2.75, 3.05) is 6.54 Å². The minimum atomic E-state index is -0.180. The fourth-order valence-electron chi connectivity index (χ4n) is 3.42. The Morgan fingerprint density at radius 1 is 0.893 bits per heavy atom. The SMILES string of the molecule is Cc1ccc(-c2c(C(=O)NCCc3ccccc3)oc3ccc(C)cc23)cc1. The molecule has 0 atom stereocenters. The van der Waals surface area contributed by atoms with Crippen LogP contribution >= 0.6 is 0 Å². The lowest BCUT2D eigenvalue weighted by Crippen LogP contribution is -2.25. The number of carbonyl (C=O) groups is 1. The van der Waals surface area contributed by atoms with Gasteiger partial charge in [-0.15, -0.1) is 0 Å². The number of aryl methyl sites for hydroxylation is 2. The van der Waals surface area contributed by atoms with E-state index in [1.165, 1.54) is 11.1 Å². The second-order valence-corrected chi connectivity index (χ2v) is 7.16. The molecule has 3 nitrogen and oxygen atoms in total. The Balaban J connectivity index is 1.66. The molecule has 1 aromatic heterocycles. The van der Waals surface area contributed by atoms with Gasteiger partial charge in [-0.1, -0.05) is 71.8 Å². The highest BCUT2D eigenvalue weighted by atomic mass is 16.3. The van der Waals surface area contributed by atoms with E-state index < -0.39 is 0 Å². The summed E-state index contributed by atoms with van der Waals surface area (Å²) in [5.41, 5.74) is 6.09. The lowest BCUT2D eigenvalue weighted by molar-refractivity contribution is 0.0929. The number of benzene rings is 3. The molecule has 0 unspecified atom stereocenters. The third-order valence-electron chi connectivity index (χ3n) is 4.93. The van der Waals surface area contributed by atoms with Gasteiger partial charge >= 0.3 is 0 Å². The van der Waals surface area contributed by atoms with Crippen molar-refractivity contribution in [2.45, 2.75) is 20.3 Å². The fourth-order valence-corrected chi connectivity index (χ4v) is 3.42. The third kappa shape index (κ3) is 3.70. The first-order valence-corrected chi connectivity index (χ1v) is 9.54. The molecule has 0 bridgehead atoms. The van der Waals surface area contributed by atoms with Crippen molar-refractivity contribution in [3.05, 3.63) is 95.2 Å². The zero-order chi connectivity index (χ0) is 19.5. The number of rotatable bonds is 5. The quantitative estimate of drug-likeness (QED) is 0.491. The molecule has 0 aliphatic rings. The van der Waals surface area contributed by atoms with E-state index in [0.29, 0.717) is 12.3 Å². The zero-order valence-corrected chi connectivity index (χ0v) is 16.2. The summed E-state index contributed by atoms with van der Waals surface area (Å²) in [6, 6.07) is 24.4. The highest BCUT2D eigenvalue weighted by Crippen LogP contribution is 2.35. The van der Waals surface area contributed by atoms with E-state index in [4.69, 9.17) is 4.42 Å². The van der Waals surface area contributed by atoms with Crippen molar-refractivity contribution >= 4 is 16.9 Å². The number of furan rings is 1. The number of nitrogens with one attached hydrogen (secondary N) is 1. The molecule has 4 aromatic rings. The first kappa shape index (κ1) is 18.1. The average Bonchev–Trinajstić information content (AvgIpc) is 3.08. The standard InChI is InChI=1S/C25H23NO2/c1-17-8-11-20(12-9-17)23-21-16-18(2)10-13-22(21)28-24(23)25(27)26-15-14-19-6-4-3-5-7-19/h3-13,16H,14-15H2,1-2H3,(H,26,27). The summed E-state index contributed by atoms with van der Waals surface area (Å²) in [7, 11) is 0. The topological polar surface area (TPSA) is 42.2 Å². The van der Waals surface area contributed by atoms with Crippen molar-refractivity contribution in [1.29, 1.82) is 0 Å². The van der Waals surface area contributed by atoms with Gasteiger partial charge in [-0.25, -0.2) is 0 Å². The van der Waals surface area contributed by atoms with E-state index in [2.05, 4.69) is 42.6 Å². The number of amides is 1. The van der Waals surface area contributed by atoms with Crippen molar-refractivity contribution in [3.8, 4) is 11.1 Å². The summed E-state index contributed by atoms with van der Waals surface area (Å²) >= 11 is 0. The van der Waals surface area contributed by atoms with Gasteiger partial charge in [-0.3, -0.25) is 4.79 Å². The van der Waals surface area contributed by atoms with Crippen molar-refractivity contribution in [3.63, 3.8) is 0 Å². The van der Waals surface area contributed by atoms with Gasteiger partial charge in [0.1, 0.15) is 5.58 Å². The highest BCUT2D eigenvalue weighted by molar-refractivity contribution is 6.08. The van der Waals surface area contributed by atoms with Crippen LogP contribution in [0.2, 0.25) is 0 Å². The summed E-state index contributed by atoms with van der Waals surface area (Å²) in [5.74, 6) is 0.192. The van der Waals surface area contributed by atoms with Crippen molar-refractivity contribution in [1.82, 2.24) is 5.32 Å². The van der Waals surface area contributed by atoms with Crippen LogP contribution in [0, 0.1) is 13.8 Å². The predicted molar refractivity (Wildman–Crippen MR) is 114 cm³/mol. The second kappa shape index (κ2) is 7.73. The molecule has 0 saturated carbocycles. The van der Waals surface area contributed by atoms with Gasteiger partial charge in [0.05, 0.1) is 0 Å². The van der Waals surface area contributed by atoms with Crippen LogP contribution < -0.4 is 5.32 Å². The van der Waals surface area contributed by atoms with Gasteiger partial charge in [-0.2, -0.15) is 0 Å². The normalized spacial score (nSPS) is 10.9. The number of fused-ring (bicyclic) bond motifs is 1. The van der Waals surface area contributed by atoms with Gasteiger partial charge in [-0.05, 0) is 43.5 Å². The molecule has 1 heterocycles. The number of hydrogen-bond donors (Lipinski definition) is 1. The molecular weight excluding hydrogens is 346 g/mol. The molecule has 0 radical (unpaired) electrons. The van der Waals surface area contributed by atoms with Crippen LogP contribution in [0.3, 0.4) is 0 Å². The molecule has 140 valence electrons. The molecule has 28 heavy (non-hydrogen) atoms. The van der Waals surface area contributed by atoms with Crippen LogP contribution in [0.4, 0.5) is 0 Å². The molecule has 3 heteroatoms. The van der Waals surface area contributed by atoms with E-state index in [9.17, 15) is 4.79 Å². The highest BCUT2D eigenvalue weighted by Gasteiger charge is 2.21. The fraction of sp³-hybridized carbons (Fsp3) is 0.160. The van der Waals surface area contributed by atoms with Gasteiger partial charge in [0.15, 0.2) is 0 Å². The summed E-state index contributed by atoms with van der Waals surface area (Å²) in [4.78, 5) is 12.9. The molecule has 1 N–H and O–H groups in total. The molecule has 1 amide bonds. The molecule has 0 saturated heterocycles. The Hall–Kier alpha value is -3.33.